The topological polar surface area (TPSA) is 89.1 Å². The van der Waals surface area contributed by atoms with Gasteiger partial charge in [-0.1, -0.05) is 25.1 Å². The molecule has 3 aromatic rings. The molecule has 1 aromatic heterocycles. The van der Waals surface area contributed by atoms with Crippen LogP contribution in [-0.2, 0) is 13.0 Å². The van der Waals surface area contributed by atoms with Gasteiger partial charge in [-0.15, -0.1) is 0 Å². The maximum absolute atomic E-state index is 13.2. The van der Waals surface area contributed by atoms with Crippen LogP contribution in [0.4, 0.5) is 16.4 Å². The van der Waals surface area contributed by atoms with Gasteiger partial charge < -0.3 is 29.3 Å². The maximum atomic E-state index is 13.2. The van der Waals surface area contributed by atoms with Crippen LogP contribution < -0.4 is 24.4 Å². The van der Waals surface area contributed by atoms with E-state index >= 15 is 0 Å². The Morgan fingerprint density at radius 2 is 1.76 bits per heavy atom. The molecular weight excluding hydrogens is 470 g/mol. The lowest BCUT2D eigenvalue weighted by atomic mass is 9.99. The second-order valence-corrected chi connectivity index (χ2v) is 9.51. The average Bonchev–Trinajstić information content (AvgIpc) is 2.93. The number of anilines is 2. The second kappa shape index (κ2) is 10.9. The SMILES string of the molecule is COc1cccc(NC(=O)N2CCc3nc(N4CCC(C)CC4)nc(Oc4ccccc4OC)c3C2)c1. The number of piperidine rings is 1. The zero-order chi connectivity index (χ0) is 25.8. The minimum Gasteiger partial charge on any atom is -0.497 e. The van der Waals surface area contributed by atoms with Crippen LogP contribution in [0.5, 0.6) is 23.1 Å². The van der Waals surface area contributed by atoms with E-state index in [2.05, 4.69) is 17.1 Å². The zero-order valence-corrected chi connectivity index (χ0v) is 21.6. The number of nitrogens with one attached hydrogen (secondary N) is 1. The third-order valence-corrected chi connectivity index (χ3v) is 6.96. The number of fused-ring (bicyclic) bond motifs is 1. The van der Waals surface area contributed by atoms with Crippen molar-refractivity contribution in [3.05, 3.63) is 59.8 Å². The highest BCUT2D eigenvalue weighted by Gasteiger charge is 2.29. The summed E-state index contributed by atoms with van der Waals surface area (Å²) in [6, 6.07) is 14.6. The smallest absolute Gasteiger partial charge is 0.322 e. The van der Waals surface area contributed by atoms with Gasteiger partial charge in [0.2, 0.25) is 11.8 Å². The number of carbonyl (C=O) groups excluding carboxylic acids is 1. The van der Waals surface area contributed by atoms with Crippen molar-refractivity contribution in [2.75, 3.05) is 44.1 Å². The molecule has 0 aliphatic carbocycles. The van der Waals surface area contributed by atoms with Crippen molar-refractivity contribution >= 4 is 17.7 Å². The highest BCUT2D eigenvalue weighted by Crippen LogP contribution is 2.36. The number of carbonyl (C=O) groups is 1. The Hall–Kier alpha value is -4.01. The summed E-state index contributed by atoms with van der Waals surface area (Å²) in [4.78, 5) is 26.9. The van der Waals surface area contributed by atoms with E-state index in [9.17, 15) is 4.79 Å². The molecule has 194 valence electrons. The molecule has 0 bridgehead atoms. The molecule has 2 aliphatic rings. The molecule has 3 heterocycles. The average molecular weight is 504 g/mol. The first kappa shape index (κ1) is 24.7. The number of aromatic nitrogens is 2. The Morgan fingerprint density at radius 1 is 0.973 bits per heavy atom. The fourth-order valence-electron chi connectivity index (χ4n) is 4.69. The van der Waals surface area contributed by atoms with Crippen molar-refractivity contribution in [2.45, 2.75) is 32.7 Å². The molecule has 1 N–H and O–H groups in total. The largest absolute Gasteiger partial charge is 0.497 e. The number of methoxy groups -OCH3 is 2. The summed E-state index contributed by atoms with van der Waals surface area (Å²) in [6.07, 6.45) is 2.84. The lowest BCUT2D eigenvalue weighted by Gasteiger charge is -2.33. The monoisotopic (exact) mass is 503 g/mol. The molecular formula is C28H33N5O4. The Labute approximate surface area is 217 Å². The van der Waals surface area contributed by atoms with E-state index in [1.54, 1.807) is 25.2 Å². The molecule has 1 saturated heterocycles. The van der Waals surface area contributed by atoms with Crippen LogP contribution in [-0.4, -0.2) is 54.8 Å². The highest BCUT2D eigenvalue weighted by atomic mass is 16.5. The van der Waals surface area contributed by atoms with Crippen molar-refractivity contribution in [2.24, 2.45) is 5.92 Å². The minimum absolute atomic E-state index is 0.198. The molecule has 5 rings (SSSR count). The molecule has 9 heteroatoms. The molecule has 2 aromatic carbocycles. The van der Waals surface area contributed by atoms with Gasteiger partial charge >= 0.3 is 6.03 Å². The summed E-state index contributed by atoms with van der Waals surface area (Å²) in [5, 5.41) is 2.97. The number of para-hydroxylation sites is 2. The summed E-state index contributed by atoms with van der Waals surface area (Å²) in [6.45, 7) is 5.01. The number of hydrogen-bond acceptors (Lipinski definition) is 7. The van der Waals surface area contributed by atoms with E-state index in [-0.39, 0.29) is 6.03 Å². The van der Waals surface area contributed by atoms with Gasteiger partial charge in [0, 0.05) is 37.8 Å². The van der Waals surface area contributed by atoms with Crippen LogP contribution in [0.15, 0.2) is 48.5 Å². The van der Waals surface area contributed by atoms with E-state index in [4.69, 9.17) is 24.2 Å². The molecule has 0 saturated carbocycles. The lowest BCUT2D eigenvalue weighted by molar-refractivity contribution is 0.205. The molecule has 0 radical (unpaired) electrons. The van der Waals surface area contributed by atoms with E-state index < -0.39 is 0 Å². The second-order valence-electron chi connectivity index (χ2n) is 9.51. The first-order valence-corrected chi connectivity index (χ1v) is 12.7. The third kappa shape index (κ3) is 5.55. The van der Waals surface area contributed by atoms with Gasteiger partial charge in [-0.2, -0.15) is 4.98 Å². The summed E-state index contributed by atoms with van der Waals surface area (Å²) in [7, 11) is 3.22. The standard InChI is InChI=1S/C28H33N5O4/c1-19-11-14-32(15-12-19)27-30-23-13-16-33(28(34)29-20-7-6-8-21(17-20)35-2)18-22(23)26(31-27)37-25-10-5-4-9-24(25)36-3/h4-10,17,19H,11-16,18H2,1-3H3,(H,29,34). The normalized spacial score (nSPS) is 15.6. The Morgan fingerprint density at radius 3 is 2.51 bits per heavy atom. The minimum atomic E-state index is -0.198. The number of benzene rings is 2. The number of hydrogen-bond donors (Lipinski definition) is 1. The van der Waals surface area contributed by atoms with Crippen LogP contribution in [0.25, 0.3) is 0 Å². The number of ether oxygens (including phenoxy) is 3. The predicted molar refractivity (Wildman–Crippen MR) is 142 cm³/mol. The van der Waals surface area contributed by atoms with Gasteiger partial charge in [0.15, 0.2) is 11.5 Å². The summed E-state index contributed by atoms with van der Waals surface area (Å²) in [5.74, 6) is 3.72. The van der Waals surface area contributed by atoms with Gasteiger partial charge in [-0.25, -0.2) is 9.78 Å². The van der Waals surface area contributed by atoms with Crippen LogP contribution >= 0.6 is 0 Å². The van der Waals surface area contributed by atoms with Crippen molar-refractivity contribution in [1.29, 1.82) is 0 Å². The Kier molecular flexibility index (Phi) is 7.30. The fraction of sp³-hybridized carbons (Fsp3) is 0.393. The van der Waals surface area contributed by atoms with Crippen LogP contribution in [0.1, 0.15) is 31.0 Å². The lowest BCUT2D eigenvalue weighted by Crippen LogP contribution is -2.40. The number of rotatable bonds is 6. The summed E-state index contributed by atoms with van der Waals surface area (Å²) in [5.41, 5.74) is 2.40. The van der Waals surface area contributed by atoms with Crippen molar-refractivity contribution in [3.63, 3.8) is 0 Å². The van der Waals surface area contributed by atoms with Gasteiger partial charge in [0.05, 0.1) is 32.0 Å². The first-order chi connectivity index (χ1) is 18.0. The van der Waals surface area contributed by atoms with E-state index in [1.165, 1.54) is 0 Å². The first-order valence-electron chi connectivity index (χ1n) is 12.7. The van der Waals surface area contributed by atoms with Crippen LogP contribution in [0.3, 0.4) is 0 Å². The summed E-state index contributed by atoms with van der Waals surface area (Å²) < 4.78 is 17.1. The number of amides is 2. The fourth-order valence-corrected chi connectivity index (χ4v) is 4.69. The van der Waals surface area contributed by atoms with Gasteiger partial charge in [0.25, 0.3) is 0 Å². The molecule has 0 spiro atoms. The molecule has 0 unspecified atom stereocenters. The molecule has 9 nitrogen and oxygen atoms in total. The van der Waals surface area contributed by atoms with E-state index in [1.807, 2.05) is 42.5 Å². The van der Waals surface area contributed by atoms with Crippen molar-refractivity contribution in [1.82, 2.24) is 14.9 Å². The number of nitrogens with zero attached hydrogens (tertiary/aromatic N) is 4. The maximum Gasteiger partial charge on any atom is 0.322 e. The Balaban J connectivity index is 1.43. The van der Waals surface area contributed by atoms with E-state index in [0.717, 1.165) is 37.2 Å². The Bertz CT molecular complexity index is 1260. The molecule has 37 heavy (non-hydrogen) atoms. The predicted octanol–water partition coefficient (Wildman–Crippen LogP) is 5.11. The van der Waals surface area contributed by atoms with Crippen molar-refractivity contribution < 1.29 is 19.0 Å². The molecule has 2 amide bonds. The quantitative estimate of drug-likeness (QED) is 0.500. The molecule has 0 atom stereocenters. The third-order valence-electron chi connectivity index (χ3n) is 6.96. The van der Waals surface area contributed by atoms with Crippen LogP contribution in [0.2, 0.25) is 0 Å². The van der Waals surface area contributed by atoms with Gasteiger partial charge in [-0.05, 0) is 43.0 Å². The van der Waals surface area contributed by atoms with Gasteiger partial charge in [-0.3, -0.25) is 0 Å². The van der Waals surface area contributed by atoms with Crippen LogP contribution in [0, 0.1) is 5.92 Å². The summed E-state index contributed by atoms with van der Waals surface area (Å²) >= 11 is 0. The number of urea groups is 1. The van der Waals surface area contributed by atoms with Gasteiger partial charge in [0.1, 0.15) is 5.75 Å². The van der Waals surface area contributed by atoms with E-state index in [0.29, 0.717) is 60.2 Å². The highest BCUT2D eigenvalue weighted by molar-refractivity contribution is 5.89. The molecule has 2 aliphatic heterocycles. The molecule has 1 fully saturated rings. The zero-order valence-electron chi connectivity index (χ0n) is 21.6. The van der Waals surface area contributed by atoms with Crippen molar-refractivity contribution in [3.8, 4) is 23.1 Å².